The van der Waals surface area contributed by atoms with Gasteiger partial charge in [0, 0.05) is 16.1 Å². The van der Waals surface area contributed by atoms with Crippen LogP contribution in [-0.4, -0.2) is 45.7 Å². The molecular formula is C24H28ClF3N2O3S2. The summed E-state index contributed by atoms with van der Waals surface area (Å²) >= 11 is 5.65. The molecule has 0 aliphatic heterocycles. The summed E-state index contributed by atoms with van der Waals surface area (Å²) in [6, 6.07) is 13.1. The number of alkyl halides is 3. The highest BCUT2D eigenvalue weighted by molar-refractivity contribution is 7.81. The highest BCUT2D eigenvalue weighted by Gasteiger charge is 2.31. The number of benzene rings is 2. The van der Waals surface area contributed by atoms with Crippen LogP contribution < -0.4 is 9.04 Å². The van der Waals surface area contributed by atoms with E-state index in [9.17, 15) is 21.9 Å². The van der Waals surface area contributed by atoms with Crippen LogP contribution in [0.25, 0.3) is 10.1 Å². The fourth-order valence-corrected chi connectivity index (χ4v) is 6.37. The summed E-state index contributed by atoms with van der Waals surface area (Å²) in [6.07, 6.45) is -2.50. The molecule has 0 radical (unpaired) electrons. The van der Waals surface area contributed by atoms with Crippen molar-refractivity contribution in [3.8, 4) is 5.75 Å². The SMILES string of the molecule is CCCN(CCC)C(Cc1ccc(OC(F)(F)F)cc1)CN(c1sc2ccccc2c1Cl)S(=O)O. The Labute approximate surface area is 214 Å². The molecule has 1 N–H and O–H groups in total. The molecule has 0 fully saturated rings. The topological polar surface area (TPSA) is 53.0 Å². The van der Waals surface area contributed by atoms with Crippen LogP contribution in [0.5, 0.6) is 5.75 Å². The first-order chi connectivity index (χ1) is 16.6. The van der Waals surface area contributed by atoms with E-state index in [1.54, 1.807) is 12.1 Å². The molecular weight excluding hydrogens is 521 g/mol. The average Bonchev–Trinajstić information content (AvgIpc) is 3.12. The second kappa shape index (κ2) is 12.4. The van der Waals surface area contributed by atoms with Crippen molar-refractivity contribution in [2.24, 2.45) is 0 Å². The van der Waals surface area contributed by atoms with E-state index in [2.05, 4.69) is 23.5 Å². The zero-order valence-corrected chi connectivity index (χ0v) is 21.8. The van der Waals surface area contributed by atoms with E-state index in [4.69, 9.17) is 11.6 Å². The van der Waals surface area contributed by atoms with E-state index in [0.717, 1.165) is 41.6 Å². The molecule has 0 aliphatic carbocycles. The van der Waals surface area contributed by atoms with Crippen molar-refractivity contribution in [3.05, 3.63) is 59.1 Å². The Balaban J connectivity index is 1.91. The summed E-state index contributed by atoms with van der Waals surface area (Å²) in [5.74, 6) is -0.285. The monoisotopic (exact) mass is 548 g/mol. The Morgan fingerprint density at radius 2 is 1.71 bits per heavy atom. The Morgan fingerprint density at radius 3 is 2.26 bits per heavy atom. The molecule has 2 unspecified atom stereocenters. The number of hydrogen-bond acceptors (Lipinski definition) is 4. The number of anilines is 1. The van der Waals surface area contributed by atoms with Gasteiger partial charge in [-0.1, -0.05) is 55.8 Å². The van der Waals surface area contributed by atoms with Gasteiger partial charge in [0.25, 0.3) is 11.3 Å². The van der Waals surface area contributed by atoms with Gasteiger partial charge in [-0.15, -0.1) is 24.5 Å². The van der Waals surface area contributed by atoms with E-state index in [1.807, 2.05) is 24.3 Å². The maximum Gasteiger partial charge on any atom is 0.573 e. The van der Waals surface area contributed by atoms with Crippen molar-refractivity contribution in [2.45, 2.75) is 45.5 Å². The Morgan fingerprint density at radius 1 is 1.09 bits per heavy atom. The van der Waals surface area contributed by atoms with Crippen LogP contribution in [-0.2, 0) is 17.7 Å². The minimum absolute atomic E-state index is 0.179. The van der Waals surface area contributed by atoms with E-state index >= 15 is 0 Å². The molecule has 11 heteroatoms. The van der Waals surface area contributed by atoms with Crippen LogP contribution in [0.2, 0.25) is 5.02 Å². The fourth-order valence-electron chi connectivity index (χ4n) is 4.03. The average molecular weight is 549 g/mol. The summed E-state index contributed by atoms with van der Waals surface area (Å²) in [4.78, 5) is 2.25. The van der Waals surface area contributed by atoms with Gasteiger partial charge in [0.15, 0.2) is 0 Å². The van der Waals surface area contributed by atoms with Gasteiger partial charge >= 0.3 is 6.36 Å². The van der Waals surface area contributed by atoms with Gasteiger partial charge in [-0.05, 0) is 56.1 Å². The third kappa shape index (κ3) is 7.57. The van der Waals surface area contributed by atoms with Crippen molar-refractivity contribution in [1.82, 2.24) is 4.90 Å². The third-order valence-electron chi connectivity index (χ3n) is 5.48. The van der Waals surface area contributed by atoms with Gasteiger partial charge in [-0.2, -0.15) is 0 Å². The standard InChI is InChI=1S/C24H28ClF3N2O3S2/c1-3-13-29(14-4-2)18(15-17-9-11-19(12-10-17)33-24(26,27)28)16-30(35(31)32)23-22(25)20-7-5-6-8-21(20)34-23/h5-12,18H,3-4,13-16H2,1-2H3,(H,31,32). The van der Waals surface area contributed by atoms with E-state index in [1.165, 1.54) is 27.8 Å². The lowest BCUT2D eigenvalue weighted by atomic mass is 10.0. The van der Waals surface area contributed by atoms with Gasteiger partial charge < -0.3 is 4.74 Å². The van der Waals surface area contributed by atoms with Gasteiger partial charge in [-0.3, -0.25) is 13.8 Å². The van der Waals surface area contributed by atoms with Gasteiger partial charge in [0.2, 0.25) is 0 Å². The number of fused-ring (bicyclic) bond motifs is 1. The fraction of sp³-hybridized carbons (Fsp3) is 0.417. The molecule has 0 amide bonds. The van der Waals surface area contributed by atoms with Crippen LogP contribution in [0.4, 0.5) is 18.2 Å². The summed E-state index contributed by atoms with van der Waals surface area (Å²) in [7, 11) is 0. The lowest BCUT2D eigenvalue weighted by molar-refractivity contribution is -0.274. The van der Waals surface area contributed by atoms with Crippen LogP contribution in [0.3, 0.4) is 0 Å². The molecule has 35 heavy (non-hydrogen) atoms. The zero-order valence-electron chi connectivity index (χ0n) is 19.4. The molecule has 0 bridgehead atoms. The summed E-state index contributed by atoms with van der Waals surface area (Å²) in [6.45, 7) is 5.90. The Bertz CT molecular complexity index is 1120. The molecule has 3 aromatic rings. The molecule has 2 atom stereocenters. The summed E-state index contributed by atoms with van der Waals surface area (Å²) in [5.41, 5.74) is 0.799. The first kappa shape index (κ1) is 27.7. The molecule has 0 spiro atoms. The molecule has 1 heterocycles. The normalized spacial score (nSPS) is 13.8. The van der Waals surface area contributed by atoms with Crippen LogP contribution in [0.15, 0.2) is 48.5 Å². The first-order valence-corrected chi connectivity index (χ1v) is 13.5. The molecule has 2 aromatic carbocycles. The van der Waals surface area contributed by atoms with Crippen molar-refractivity contribution in [2.75, 3.05) is 23.9 Å². The Hall–Kier alpha value is -1.85. The number of hydrogen-bond donors (Lipinski definition) is 1. The second-order valence-electron chi connectivity index (χ2n) is 8.09. The lowest BCUT2D eigenvalue weighted by Gasteiger charge is -2.34. The number of rotatable bonds is 12. The number of ether oxygens (including phenoxy) is 1. The van der Waals surface area contributed by atoms with Crippen LogP contribution in [0, 0.1) is 0 Å². The molecule has 192 valence electrons. The quantitative estimate of drug-likeness (QED) is 0.245. The number of thiophene rings is 1. The third-order valence-corrected chi connectivity index (χ3v) is 7.99. The number of nitrogens with zero attached hydrogens (tertiary/aromatic N) is 2. The van der Waals surface area contributed by atoms with E-state index < -0.39 is 17.6 Å². The predicted molar refractivity (Wildman–Crippen MR) is 138 cm³/mol. The summed E-state index contributed by atoms with van der Waals surface area (Å²) in [5, 5.41) is 1.76. The van der Waals surface area contributed by atoms with Crippen LogP contribution >= 0.6 is 22.9 Å². The van der Waals surface area contributed by atoms with Gasteiger partial charge in [-0.25, -0.2) is 4.21 Å². The largest absolute Gasteiger partial charge is 0.573 e. The second-order valence-corrected chi connectivity index (χ2v) is 10.4. The van der Waals surface area contributed by atoms with Crippen molar-refractivity contribution >= 4 is 49.3 Å². The van der Waals surface area contributed by atoms with Crippen molar-refractivity contribution in [1.29, 1.82) is 0 Å². The van der Waals surface area contributed by atoms with Crippen molar-refractivity contribution < 1.29 is 26.7 Å². The highest BCUT2D eigenvalue weighted by atomic mass is 35.5. The molecule has 0 aliphatic rings. The van der Waals surface area contributed by atoms with E-state index in [-0.39, 0.29) is 18.3 Å². The van der Waals surface area contributed by atoms with E-state index in [0.29, 0.717) is 16.4 Å². The molecule has 0 saturated carbocycles. The number of halogens is 4. The first-order valence-electron chi connectivity index (χ1n) is 11.3. The maximum atomic E-state index is 12.5. The van der Waals surface area contributed by atoms with Crippen LogP contribution in [0.1, 0.15) is 32.3 Å². The molecule has 1 aromatic heterocycles. The lowest BCUT2D eigenvalue weighted by Crippen LogP contribution is -2.46. The highest BCUT2D eigenvalue weighted by Crippen LogP contribution is 2.42. The molecule has 3 rings (SSSR count). The maximum absolute atomic E-state index is 12.5. The van der Waals surface area contributed by atoms with Crippen molar-refractivity contribution in [3.63, 3.8) is 0 Å². The predicted octanol–water partition coefficient (Wildman–Crippen LogP) is 7.13. The minimum atomic E-state index is -4.75. The molecule has 0 saturated heterocycles. The summed E-state index contributed by atoms with van der Waals surface area (Å²) < 4.78 is 66.6. The molecule has 5 nitrogen and oxygen atoms in total. The Kier molecular flexibility index (Phi) is 9.83. The zero-order chi connectivity index (χ0) is 25.6. The minimum Gasteiger partial charge on any atom is -0.406 e. The van der Waals surface area contributed by atoms with Gasteiger partial charge in [0.1, 0.15) is 10.8 Å². The smallest absolute Gasteiger partial charge is 0.406 e. The van der Waals surface area contributed by atoms with Gasteiger partial charge in [0.05, 0.1) is 11.6 Å².